The molecule has 1 unspecified atom stereocenters. The molecule has 2 aliphatic rings. The Kier molecular flexibility index (Phi) is 3.48. The van der Waals surface area contributed by atoms with Crippen molar-refractivity contribution in [2.75, 3.05) is 13.2 Å². The highest BCUT2D eigenvalue weighted by molar-refractivity contribution is 6.30. The molecule has 0 spiro atoms. The second-order valence-corrected chi connectivity index (χ2v) is 6.41. The molecular weight excluding hydrogens is 258 g/mol. The molecule has 3 rings (SSSR count). The van der Waals surface area contributed by atoms with E-state index in [9.17, 15) is 0 Å². The summed E-state index contributed by atoms with van der Waals surface area (Å²) in [5.74, 6) is 1.11. The SMILES string of the molecule is CCNC(C)C1(Cc2cc(Cl)cc3c2OCC3)CC1. The smallest absolute Gasteiger partial charge is 0.125 e. The standard InChI is InChI=1S/C16H22ClNO/c1-3-18-11(2)16(5-6-16)10-13-9-14(17)8-12-4-7-19-15(12)13/h8-9,11,18H,3-7,10H2,1-2H3. The molecule has 1 atom stereocenters. The van der Waals surface area contributed by atoms with Crippen molar-refractivity contribution in [1.82, 2.24) is 5.32 Å². The van der Waals surface area contributed by atoms with Crippen LogP contribution in [0.4, 0.5) is 0 Å². The van der Waals surface area contributed by atoms with Crippen LogP contribution in [0.5, 0.6) is 5.75 Å². The minimum Gasteiger partial charge on any atom is -0.493 e. The van der Waals surface area contributed by atoms with Crippen LogP contribution in [0, 0.1) is 5.41 Å². The molecule has 0 saturated heterocycles. The first-order valence-corrected chi connectivity index (χ1v) is 7.70. The Morgan fingerprint density at radius 2 is 2.21 bits per heavy atom. The topological polar surface area (TPSA) is 21.3 Å². The highest BCUT2D eigenvalue weighted by Crippen LogP contribution is 2.53. The number of nitrogens with one attached hydrogen (secondary N) is 1. The van der Waals surface area contributed by atoms with E-state index in [4.69, 9.17) is 16.3 Å². The van der Waals surface area contributed by atoms with Crippen LogP contribution in [-0.4, -0.2) is 19.2 Å². The number of hydrogen-bond acceptors (Lipinski definition) is 2. The Labute approximate surface area is 120 Å². The molecule has 1 aromatic rings. The molecule has 0 aromatic heterocycles. The van der Waals surface area contributed by atoms with E-state index in [2.05, 4.69) is 31.3 Å². The lowest BCUT2D eigenvalue weighted by Crippen LogP contribution is -2.36. The first kappa shape index (κ1) is 13.3. The molecule has 0 bridgehead atoms. The van der Waals surface area contributed by atoms with E-state index in [-0.39, 0.29) is 0 Å². The van der Waals surface area contributed by atoms with Crippen LogP contribution in [0.1, 0.15) is 37.8 Å². The molecule has 3 heteroatoms. The lowest BCUT2D eigenvalue weighted by Gasteiger charge is -2.25. The summed E-state index contributed by atoms with van der Waals surface area (Å²) in [6.45, 7) is 6.32. The van der Waals surface area contributed by atoms with Crippen molar-refractivity contribution in [2.24, 2.45) is 5.41 Å². The lowest BCUT2D eigenvalue weighted by molar-refractivity contribution is 0.332. The van der Waals surface area contributed by atoms with E-state index in [1.165, 1.54) is 24.0 Å². The molecular formula is C16H22ClNO. The van der Waals surface area contributed by atoms with E-state index < -0.39 is 0 Å². The van der Waals surface area contributed by atoms with Crippen molar-refractivity contribution in [3.05, 3.63) is 28.3 Å². The number of ether oxygens (including phenoxy) is 1. The maximum atomic E-state index is 6.25. The van der Waals surface area contributed by atoms with Crippen molar-refractivity contribution >= 4 is 11.6 Å². The largest absolute Gasteiger partial charge is 0.493 e. The average Bonchev–Trinajstić information content (AvgIpc) is 2.99. The van der Waals surface area contributed by atoms with Gasteiger partial charge in [0.15, 0.2) is 0 Å². The summed E-state index contributed by atoms with van der Waals surface area (Å²) in [5, 5.41) is 4.43. The summed E-state index contributed by atoms with van der Waals surface area (Å²) in [7, 11) is 0. The number of benzene rings is 1. The fourth-order valence-electron chi connectivity index (χ4n) is 3.30. The van der Waals surface area contributed by atoms with E-state index in [1.807, 2.05) is 0 Å². The monoisotopic (exact) mass is 279 g/mol. The first-order chi connectivity index (χ1) is 9.14. The molecule has 1 saturated carbocycles. The number of hydrogen-bond donors (Lipinski definition) is 1. The van der Waals surface area contributed by atoms with Gasteiger partial charge in [-0.25, -0.2) is 0 Å². The van der Waals surface area contributed by atoms with Crippen molar-refractivity contribution in [2.45, 2.75) is 45.6 Å². The van der Waals surface area contributed by atoms with Gasteiger partial charge in [0.05, 0.1) is 6.61 Å². The predicted octanol–water partition coefficient (Wildman–Crippen LogP) is 3.60. The Hall–Kier alpha value is -0.730. The van der Waals surface area contributed by atoms with Gasteiger partial charge in [-0.05, 0) is 61.4 Å². The third kappa shape index (κ3) is 2.48. The zero-order valence-electron chi connectivity index (χ0n) is 11.8. The Morgan fingerprint density at radius 1 is 1.42 bits per heavy atom. The van der Waals surface area contributed by atoms with Gasteiger partial charge in [0, 0.05) is 17.5 Å². The van der Waals surface area contributed by atoms with E-state index in [0.717, 1.165) is 36.8 Å². The van der Waals surface area contributed by atoms with E-state index >= 15 is 0 Å². The Balaban J connectivity index is 1.84. The third-order valence-corrected chi connectivity index (χ3v) is 4.91. The van der Waals surface area contributed by atoms with Crippen LogP contribution in [-0.2, 0) is 12.8 Å². The molecule has 1 heterocycles. The van der Waals surface area contributed by atoms with Gasteiger partial charge in [0.1, 0.15) is 5.75 Å². The van der Waals surface area contributed by atoms with Crippen LogP contribution in [0.3, 0.4) is 0 Å². The molecule has 1 N–H and O–H groups in total. The Bertz CT molecular complexity index is 482. The lowest BCUT2D eigenvalue weighted by atomic mass is 9.88. The van der Waals surface area contributed by atoms with Gasteiger partial charge < -0.3 is 10.1 Å². The third-order valence-electron chi connectivity index (χ3n) is 4.69. The summed E-state index contributed by atoms with van der Waals surface area (Å²) in [5.41, 5.74) is 3.01. The van der Waals surface area contributed by atoms with Crippen LogP contribution < -0.4 is 10.1 Å². The minimum atomic E-state index is 0.417. The Morgan fingerprint density at radius 3 is 2.89 bits per heavy atom. The minimum absolute atomic E-state index is 0.417. The molecule has 1 aromatic carbocycles. The summed E-state index contributed by atoms with van der Waals surface area (Å²) in [6, 6.07) is 4.72. The quantitative estimate of drug-likeness (QED) is 0.889. The van der Waals surface area contributed by atoms with Crippen molar-refractivity contribution in [3.63, 3.8) is 0 Å². The average molecular weight is 280 g/mol. The summed E-state index contributed by atoms with van der Waals surface area (Å²) in [4.78, 5) is 0. The highest BCUT2D eigenvalue weighted by atomic mass is 35.5. The molecule has 104 valence electrons. The molecule has 1 aliphatic carbocycles. The predicted molar refractivity (Wildman–Crippen MR) is 79.2 cm³/mol. The highest BCUT2D eigenvalue weighted by Gasteiger charge is 2.47. The van der Waals surface area contributed by atoms with Gasteiger partial charge in [-0.1, -0.05) is 18.5 Å². The van der Waals surface area contributed by atoms with Crippen molar-refractivity contribution in [3.8, 4) is 5.75 Å². The molecule has 0 amide bonds. The number of fused-ring (bicyclic) bond motifs is 1. The van der Waals surface area contributed by atoms with Gasteiger partial charge in [0.25, 0.3) is 0 Å². The molecule has 1 aliphatic heterocycles. The van der Waals surface area contributed by atoms with Gasteiger partial charge in [-0.3, -0.25) is 0 Å². The molecule has 1 fully saturated rings. The number of halogens is 1. The van der Waals surface area contributed by atoms with Crippen molar-refractivity contribution in [1.29, 1.82) is 0 Å². The maximum Gasteiger partial charge on any atom is 0.125 e. The zero-order chi connectivity index (χ0) is 13.5. The van der Waals surface area contributed by atoms with Gasteiger partial charge >= 0.3 is 0 Å². The van der Waals surface area contributed by atoms with E-state index in [1.54, 1.807) is 0 Å². The van der Waals surface area contributed by atoms with Crippen LogP contribution in [0.25, 0.3) is 0 Å². The fourth-order valence-corrected chi connectivity index (χ4v) is 3.57. The summed E-state index contributed by atoms with van der Waals surface area (Å²) >= 11 is 6.25. The fraction of sp³-hybridized carbons (Fsp3) is 0.625. The molecule has 0 radical (unpaired) electrons. The van der Waals surface area contributed by atoms with E-state index in [0.29, 0.717) is 11.5 Å². The van der Waals surface area contributed by atoms with Crippen LogP contribution >= 0.6 is 11.6 Å². The van der Waals surface area contributed by atoms with Gasteiger partial charge in [-0.2, -0.15) is 0 Å². The molecule has 2 nitrogen and oxygen atoms in total. The summed E-state index contributed by atoms with van der Waals surface area (Å²) < 4.78 is 5.82. The van der Waals surface area contributed by atoms with Gasteiger partial charge in [-0.15, -0.1) is 0 Å². The first-order valence-electron chi connectivity index (χ1n) is 7.32. The normalized spacial score (nSPS) is 20.8. The zero-order valence-corrected chi connectivity index (χ0v) is 12.5. The summed E-state index contributed by atoms with van der Waals surface area (Å²) in [6.07, 6.45) is 4.70. The maximum absolute atomic E-state index is 6.25. The van der Waals surface area contributed by atoms with Crippen molar-refractivity contribution < 1.29 is 4.74 Å². The second-order valence-electron chi connectivity index (χ2n) is 5.97. The van der Waals surface area contributed by atoms with Crippen LogP contribution in [0.15, 0.2) is 12.1 Å². The number of rotatable bonds is 5. The van der Waals surface area contributed by atoms with Crippen LogP contribution in [0.2, 0.25) is 5.02 Å². The van der Waals surface area contributed by atoms with Gasteiger partial charge in [0.2, 0.25) is 0 Å². The molecule has 19 heavy (non-hydrogen) atoms. The second kappa shape index (κ2) is 4.99.